The maximum Gasteiger partial charge on any atom is 0.166 e. The molecular weight excluding hydrogens is 376 g/mol. The van der Waals surface area contributed by atoms with Crippen molar-refractivity contribution in [3.05, 3.63) is 0 Å². The molecule has 3 aliphatic carbocycles. The fourth-order valence-electron chi connectivity index (χ4n) is 7.78. The number of carbonyl (C=O) groups excluding carboxylic acids is 2. The lowest BCUT2D eigenvalue weighted by Gasteiger charge is -2.47. The van der Waals surface area contributed by atoms with Crippen molar-refractivity contribution >= 4 is 11.6 Å². The summed E-state index contributed by atoms with van der Waals surface area (Å²) in [5.41, 5.74) is -2.05. The number of carbonyl (C=O) groups is 2. The van der Waals surface area contributed by atoms with Crippen LogP contribution < -0.4 is 0 Å². The van der Waals surface area contributed by atoms with Crippen LogP contribution in [0, 0.1) is 40.4 Å². The first-order chi connectivity index (χ1) is 13.6. The van der Waals surface area contributed by atoms with E-state index in [2.05, 4.69) is 20.8 Å². The highest BCUT2D eigenvalue weighted by Gasteiger charge is 2.59. The highest BCUT2D eigenvalue weighted by molar-refractivity contribution is 5.89. The van der Waals surface area contributed by atoms with Gasteiger partial charge in [0.2, 0.25) is 0 Å². The standard InChI is InChI=1S/C26H44O4/c1-23(2)15-26(7,18-11-8-16(9-12-18)21(27)24(3,4)29)20-14-17(10-13-19(20)23)22(28)25(5,6)30/h16-20,29-30H,8-15H2,1-7H3. The minimum absolute atomic E-state index is 0.00693. The molecule has 0 bridgehead atoms. The van der Waals surface area contributed by atoms with Crippen molar-refractivity contribution in [2.75, 3.05) is 0 Å². The number of Topliss-reactive ketones (excluding diaryl/α,β-unsaturated/α-hetero) is 2. The molecule has 4 nitrogen and oxygen atoms in total. The van der Waals surface area contributed by atoms with Crippen LogP contribution in [0.25, 0.3) is 0 Å². The second-order valence-corrected chi connectivity index (χ2v) is 12.8. The lowest BCUT2D eigenvalue weighted by molar-refractivity contribution is -0.142. The largest absolute Gasteiger partial charge is 0.383 e. The number of rotatable bonds is 5. The SMILES string of the molecule is CC(C)(O)C(=O)C1CCC(C2(C)CC(C)(C)C3CCC(C(=O)C(C)(C)O)CC32)CC1. The topological polar surface area (TPSA) is 74.6 Å². The minimum atomic E-state index is -1.25. The molecule has 3 aliphatic rings. The number of aliphatic hydroxyl groups is 2. The van der Waals surface area contributed by atoms with Crippen LogP contribution in [0.3, 0.4) is 0 Å². The molecule has 4 unspecified atom stereocenters. The molecule has 0 aliphatic heterocycles. The third kappa shape index (κ3) is 4.28. The summed E-state index contributed by atoms with van der Waals surface area (Å²) in [6, 6.07) is 0. The van der Waals surface area contributed by atoms with Crippen LogP contribution in [0.2, 0.25) is 0 Å². The summed E-state index contributed by atoms with van der Waals surface area (Å²) in [5.74, 6) is 1.64. The van der Waals surface area contributed by atoms with E-state index in [1.807, 2.05) is 0 Å². The zero-order chi connectivity index (χ0) is 22.7. The maximum atomic E-state index is 12.9. The zero-order valence-corrected chi connectivity index (χ0v) is 20.3. The van der Waals surface area contributed by atoms with Gasteiger partial charge in [0.1, 0.15) is 11.2 Å². The molecule has 4 atom stereocenters. The van der Waals surface area contributed by atoms with E-state index in [-0.39, 0.29) is 34.2 Å². The number of hydrogen-bond donors (Lipinski definition) is 2. The normalized spacial score (nSPS) is 39.4. The summed E-state index contributed by atoms with van der Waals surface area (Å²) in [4.78, 5) is 25.4. The Hall–Kier alpha value is -0.740. The predicted octanol–water partition coefficient (Wildman–Crippen LogP) is 4.94. The lowest BCUT2D eigenvalue weighted by atomic mass is 9.57. The van der Waals surface area contributed by atoms with E-state index in [0.29, 0.717) is 17.8 Å². The van der Waals surface area contributed by atoms with Crippen LogP contribution >= 0.6 is 0 Å². The van der Waals surface area contributed by atoms with Gasteiger partial charge in [-0.2, -0.15) is 0 Å². The Morgan fingerprint density at radius 2 is 1.20 bits per heavy atom. The van der Waals surface area contributed by atoms with Gasteiger partial charge >= 0.3 is 0 Å². The third-order valence-corrected chi connectivity index (χ3v) is 9.15. The van der Waals surface area contributed by atoms with Crippen LogP contribution in [-0.2, 0) is 9.59 Å². The molecule has 0 aromatic rings. The molecule has 0 radical (unpaired) electrons. The van der Waals surface area contributed by atoms with Crippen LogP contribution in [0.5, 0.6) is 0 Å². The third-order valence-electron chi connectivity index (χ3n) is 9.15. The molecule has 0 aromatic carbocycles. The molecule has 30 heavy (non-hydrogen) atoms. The van der Waals surface area contributed by atoms with Gasteiger partial charge < -0.3 is 10.2 Å². The molecule has 3 rings (SSSR count). The Morgan fingerprint density at radius 1 is 0.733 bits per heavy atom. The Balaban J connectivity index is 1.77. The average Bonchev–Trinajstić information content (AvgIpc) is 2.85. The molecule has 3 fully saturated rings. The molecule has 2 N–H and O–H groups in total. The summed E-state index contributed by atoms with van der Waals surface area (Å²) in [6.07, 6.45) is 7.85. The second-order valence-electron chi connectivity index (χ2n) is 12.8. The van der Waals surface area contributed by atoms with E-state index in [4.69, 9.17) is 0 Å². The first-order valence-corrected chi connectivity index (χ1v) is 12.1. The fraction of sp³-hybridized carbons (Fsp3) is 0.923. The quantitative estimate of drug-likeness (QED) is 0.660. The van der Waals surface area contributed by atoms with Crippen molar-refractivity contribution in [3.63, 3.8) is 0 Å². The van der Waals surface area contributed by atoms with Gasteiger partial charge in [-0.15, -0.1) is 0 Å². The van der Waals surface area contributed by atoms with Gasteiger partial charge in [0.25, 0.3) is 0 Å². The second kappa shape index (κ2) is 7.69. The van der Waals surface area contributed by atoms with Gasteiger partial charge in [-0.25, -0.2) is 0 Å². The summed E-state index contributed by atoms with van der Waals surface area (Å²) in [7, 11) is 0. The van der Waals surface area contributed by atoms with Crippen molar-refractivity contribution in [2.45, 2.75) is 111 Å². The molecule has 0 spiro atoms. The van der Waals surface area contributed by atoms with E-state index in [1.165, 1.54) is 6.42 Å². The van der Waals surface area contributed by atoms with Gasteiger partial charge in [0.05, 0.1) is 0 Å². The van der Waals surface area contributed by atoms with Gasteiger partial charge in [0, 0.05) is 11.8 Å². The first-order valence-electron chi connectivity index (χ1n) is 12.1. The maximum absolute atomic E-state index is 12.9. The van der Waals surface area contributed by atoms with Crippen LogP contribution in [0.4, 0.5) is 0 Å². The van der Waals surface area contributed by atoms with E-state index >= 15 is 0 Å². The van der Waals surface area contributed by atoms with Crippen molar-refractivity contribution in [1.82, 2.24) is 0 Å². The van der Waals surface area contributed by atoms with Crippen LogP contribution in [-0.4, -0.2) is 33.0 Å². The highest BCUT2D eigenvalue weighted by Crippen LogP contribution is 2.66. The Kier molecular flexibility index (Phi) is 6.13. The number of fused-ring (bicyclic) bond motifs is 1. The molecule has 0 saturated heterocycles. The Morgan fingerprint density at radius 3 is 1.70 bits per heavy atom. The molecule has 0 aromatic heterocycles. The molecule has 3 saturated carbocycles. The Labute approximate surface area is 183 Å². The van der Waals surface area contributed by atoms with Gasteiger partial charge in [-0.3, -0.25) is 9.59 Å². The first kappa shape index (κ1) is 23.9. The Bertz CT molecular complexity index is 672. The lowest BCUT2D eigenvalue weighted by Crippen LogP contribution is -2.45. The highest BCUT2D eigenvalue weighted by atomic mass is 16.3. The number of ketones is 2. The molecular formula is C26H44O4. The molecule has 0 heterocycles. The van der Waals surface area contributed by atoms with Crippen molar-refractivity contribution < 1.29 is 19.8 Å². The molecule has 4 heteroatoms. The predicted molar refractivity (Wildman–Crippen MR) is 119 cm³/mol. The summed E-state index contributed by atoms with van der Waals surface area (Å²) in [5, 5.41) is 20.4. The van der Waals surface area contributed by atoms with Crippen LogP contribution in [0.1, 0.15) is 99.8 Å². The van der Waals surface area contributed by atoms with E-state index in [1.54, 1.807) is 27.7 Å². The van der Waals surface area contributed by atoms with E-state index in [9.17, 15) is 19.8 Å². The molecule has 172 valence electrons. The van der Waals surface area contributed by atoms with Crippen molar-refractivity contribution in [3.8, 4) is 0 Å². The monoisotopic (exact) mass is 420 g/mol. The molecule has 0 amide bonds. The average molecular weight is 421 g/mol. The van der Waals surface area contributed by atoms with Gasteiger partial charge in [-0.1, -0.05) is 20.8 Å². The van der Waals surface area contributed by atoms with E-state index < -0.39 is 11.2 Å². The van der Waals surface area contributed by atoms with Crippen molar-refractivity contribution in [1.29, 1.82) is 0 Å². The van der Waals surface area contributed by atoms with Crippen LogP contribution in [0.15, 0.2) is 0 Å². The fourth-order valence-corrected chi connectivity index (χ4v) is 7.78. The minimum Gasteiger partial charge on any atom is -0.383 e. The summed E-state index contributed by atoms with van der Waals surface area (Å²) < 4.78 is 0. The van der Waals surface area contributed by atoms with Gasteiger partial charge in [0.15, 0.2) is 11.6 Å². The smallest absolute Gasteiger partial charge is 0.166 e. The summed E-state index contributed by atoms with van der Waals surface area (Å²) in [6.45, 7) is 13.7. The van der Waals surface area contributed by atoms with Crippen molar-refractivity contribution in [2.24, 2.45) is 40.4 Å². The number of hydrogen-bond acceptors (Lipinski definition) is 4. The zero-order valence-electron chi connectivity index (χ0n) is 20.3. The van der Waals surface area contributed by atoms with Gasteiger partial charge in [-0.05, 0) is 108 Å². The van der Waals surface area contributed by atoms with E-state index in [0.717, 1.165) is 44.9 Å². The summed E-state index contributed by atoms with van der Waals surface area (Å²) >= 11 is 0.